The molecule has 0 fully saturated rings. The molecule has 0 saturated heterocycles. The first kappa shape index (κ1) is 9.30. The van der Waals surface area contributed by atoms with Gasteiger partial charge in [-0.3, -0.25) is 4.79 Å². The predicted molar refractivity (Wildman–Crippen MR) is 47.7 cm³/mol. The highest BCUT2D eigenvalue weighted by Gasteiger charge is 2.28. The van der Waals surface area contributed by atoms with Crippen LogP contribution >= 0.6 is 0 Å². The van der Waals surface area contributed by atoms with Crippen LogP contribution in [0.15, 0.2) is 12.2 Å². The second-order valence-electron chi connectivity index (χ2n) is 3.82. The Balaban J connectivity index is 2.61. The Kier molecular flexibility index (Phi) is 2.90. The molecular formula is C10H16O2. The van der Waals surface area contributed by atoms with E-state index in [9.17, 15) is 4.79 Å². The van der Waals surface area contributed by atoms with Crippen LogP contribution in [0.1, 0.15) is 33.1 Å². The Morgan fingerprint density at radius 1 is 1.33 bits per heavy atom. The van der Waals surface area contributed by atoms with Gasteiger partial charge in [-0.25, -0.2) is 0 Å². The van der Waals surface area contributed by atoms with Gasteiger partial charge in [-0.05, 0) is 33.1 Å². The standard InChI is InChI=1S/C10H16O2/c1-10(2)7-5-3-4-6-8-12-9(10)11/h3-4H,5-8H2,1-2H3/b4-3-. The van der Waals surface area contributed by atoms with Crippen LogP contribution in [-0.2, 0) is 9.53 Å². The Morgan fingerprint density at radius 2 is 2.00 bits per heavy atom. The molecule has 0 aromatic rings. The normalized spacial score (nSPS) is 26.3. The smallest absolute Gasteiger partial charge is 0.311 e. The van der Waals surface area contributed by atoms with Crippen molar-refractivity contribution < 1.29 is 9.53 Å². The van der Waals surface area contributed by atoms with Crippen LogP contribution in [0, 0.1) is 5.41 Å². The summed E-state index contributed by atoms with van der Waals surface area (Å²) < 4.78 is 5.09. The fraction of sp³-hybridized carbons (Fsp3) is 0.700. The SMILES string of the molecule is CC1(C)CC/C=C\CCOC1=O. The number of ether oxygens (including phenoxy) is 1. The molecule has 68 valence electrons. The lowest BCUT2D eigenvalue weighted by atomic mass is 9.88. The molecule has 0 aromatic heterocycles. The average Bonchev–Trinajstić information content (AvgIpc) is 2.06. The number of cyclic esters (lactones) is 1. The van der Waals surface area contributed by atoms with Gasteiger partial charge >= 0.3 is 5.97 Å². The van der Waals surface area contributed by atoms with Gasteiger partial charge in [0, 0.05) is 0 Å². The molecule has 2 heteroatoms. The molecule has 1 aliphatic heterocycles. The van der Waals surface area contributed by atoms with Crippen LogP contribution in [0.25, 0.3) is 0 Å². The number of esters is 1. The van der Waals surface area contributed by atoms with E-state index < -0.39 is 0 Å². The summed E-state index contributed by atoms with van der Waals surface area (Å²) in [5.74, 6) is -0.0637. The van der Waals surface area contributed by atoms with Gasteiger partial charge in [0.25, 0.3) is 0 Å². The maximum atomic E-state index is 11.4. The van der Waals surface area contributed by atoms with Crippen molar-refractivity contribution in [1.29, 1.82) is 0 Å². The maximum absolute atomic E-state index is 11.4. The van der Waals surface area contributed by atoms with Crippen molar-refractivity contribution in [3.05, 3.63) is 12.2 Å². The van der Waals surface area contributed by atoms with E-state index in [2.05, 4.69) is 12.2 Å². The van der Waals surface area contributed by atoms with Crippen molar-refractivity contribution in [2.75, 3.05) is 6.61 Å². The lowest BCUT2D eigenvalue weighted by Crippen LogP contribution is -2.26. The number of hydrogen-bond donors (Lipinski definition) is 0. The molecule has 0 N–H and O–H groups in total. The number of carbonyl (C=O) groups excluding carboxylic acids is 1. The number of hydrogen-bond acceptors (Lipinski definition) is 2. The Bertz CT molecular complexity index is 192. The van der Waals surface area contributed by atoms with Gasteiger partial charge in [0.15, 0.2) is 0 Å². The first-order chi connectivity index (χ1) is 5.63. The van der Waals surface area contributed by atoms with Crippen LogP contribution < -0.4 is 0 Å². The van der Waals surface area contributed by atoms with Gasteiger partial charge < -0.3 is 4.74 Å². The zero-order valence-electron chi connectivity index (χ0n) is 7.80. The second-order valence-corrected chi connectivity index (χ2v) is 3.82. The van der Waals surface area contributed by atoms with E-state index in [1.165, 1.54) is 0 Å². The van der Waals surface area contributed by atoms with Gasteiger partial charge in [-0.15, -0.1) is 0 Å². The second kappa shape index (κ2) is 3.74. The summed E-state index contributed by atoms with van der Waals surface area (Å²) in [7, 11) is 0. The zero-order valence-corrected chi connectivity index (χ0v) is 7.80. The lowest BCUT2D eigenvalue weighted by molar-refractivity contribution is -0.154. The average molecular weight is 168 g/mol. The zero-order chi connectivity index (χ0) is 9.03. The first-order valence-electron chi connectivity index (χ1n) is 4.45. The van der Waals surface area contributed by atoms with Crippen molar-refractivity contribution in [1.82, 2.24) is 0 Å². The molecule has 0 bridgehead atoms. The van der Waals surface area contributed by atoms with Gasteiger partial charge in [0.05, 0.1) is 12.0 Å². The molecular weight excluding hydrogens is 152 g/mol. The van der Waals surface area contributed by atoms with E-state index in [4.69, 9.17) is 4.74 Å². The summed E-state index contributed by atoms with van der Waals surface area (Å²) in [5, 5.41) is 0. The predicted octanol–water partition coefficient (Wildman–Crippen LogP) is 2.30. The molecule has 0 amide bonds. The topological polar surface area (TPSA) is 26.3 Å². The molecule has 0 atom stereocenters. The van der Waals surface area contributed by atoms with Crippen molar-refractivity contribution in [2.24, 2.45) is 5.41 Å². The largest absolute Gasteiger partial charge is 0.465 e. The molecule has 0 saturated carbocycles. The molecule has 1 rings (SSSR count). The molecule has 0 spiro atoms. The van der Waals surface area contributed by atoms with E-state index in [0.29, 0.717) is 6.61 Å². The minimum absolute atomic E-state index is 0.0637. The van der Waals surface area contributed by atoms with E-state index in [1.54, 1.807) is 0 Å². The van der Waals surface area contributed by atoms with Crippen LogP contribution in [0.4, 0.5) is 0 Å². The minimum atomic E-state index is -0.311. The number of carbonyl (C=O) groups is 1. The highest BCUT2D eigenvalue weighted by atomic mass is 16.5. The van der Waals surface area contributed by atoms with Crippen LogP contribution in [0.5, 0.6) is 0 Å². The Labute approximate surface area is 73.6 Å². The van der Waals surface area contributed by atoms with Crippen LogP contribution in [0.3, 0.4) is 0 Å². The number of rotatable bonds is 0. The Morgan fingerprint density at radius 3 is 2.75 bits per heavy atom. The first-order valence-corrected chi connectivity index (χ1v) is 4.45. The fourth-order valence-corrected chi connectivity index (χ4v) is 1.20. The summed E-state index contributed by atoms with van der Waals surface area (Å²) in [6.07, 6.45) is 6.91. The molecule has 0 radical (unpaired) electrons. The quantitative estimate of drug-likeness (QED) is 0.410. The highest BCUT2D eigenvalue weighted by Crippen LogP contribution is 2.25. The van der Waals surface area contributed by atoms with Crippen molar-refractivity contribution >= 4 is 5.97 Å². The minimum Gasteiger partial charge on any atom is -0.465 e. The van der Waals surface area contributed by atoms with E-state index in [1.807, 2.05) is 13.8 Å². The molecule has 0 aromatic carbocycles. The summed E-state index contributed by atoms with van der Waals surface area (Å²) in [6, 6.07) is 0. The third-order valence-electron chi connectivity index (χ3n) is 2.17. The monoisotopic (exact) mass is 168 g/mol. The third-order valence-corrected chi connectivity index (χ3v) is 2.17. The van der Waals surface area contributed by atoms with Gasteiger partial charge in [-0.2, -0.15) is 0 Å². The Hall–Kier alpha value is -0.790. The molecule has 2 nitrogen and oxygen atoms in total. The summed E-state index contributed by atoms with van der Waals surface area (Å²) in [5.41, 5.74) is -0.311. The van der Waals surface area contributed by atoms with Gasteiger partial charge in [-0.1, -0.05) is 12.2 Å². The van der Waals surface area contributed by atoms with Crippen LogP contribution in [0.2, 0.25) is 0 Å². The summed E-state index contributed by atoms with van der Waals surface area (Å²) >= 11 is 0. The molecule has 0 unspecified atom stereocenters. The van der Waals surface area contributed by atoms with E-state index in [0.717, 1.165) is 19.3 Å². The van der Waals surface area contributed by atoms with Crippen molar-refractivity contribution in [3.8, 4) is 0 Å². The molecule has 1 heterocycles. The van der Waals surface area contributed by atoms with E-state index >= 15 is 0 Å². The molecule has 0 aliphatic carbocycles. The third kappa shape index (κ3) is 2.36. The van der Waals surface area contributed by atoms with Gasteiger partial charge in [0.2, 0.25) is 0 Å². The van der Waals surface area contributed by atoms with E-state index in [-0.39, 0.29) is 11.4 Å². The lowest BCUT2D eigenvalue weighted by Gasteiger charge is -2.20. The molecule has 12 heavy (non-hydrogen) atoms. The highest BCUT2D eigenvalue weighted by molar-refractivity contribution is 5.75. The van der Waals surface area contributed by atoms with Gasteiger partial charge in [0.1, 0.15) is 0 Å². The summed E-state index contributed by atoms with van der Waals surface area (Å²) in [4.78, 5) is 11.4. The van der Waals surface area contributed by atoms with Crippen LogP contribution in [-0.4, -0.2) is 12.6 Å². The summed E-state index contributed by atoms with van der Waals surface area (Å²) in [6.45, 7) is 4.40. The molecule has 1 aliphatic rings. The van der Waals surface area contributed by atoms with Crippen molar-refractivity contribution in [3.63, 3.8) is 0 Å². The maximum Gasteiger partial charge on any atom is 0.311 e. The van der Waals surface area contributed by atoms with Crippen molar-refractivity contribution in [2.45, 2.75) is 33.1 Å². The fourth-order valence-electron chi connectivity index (χ4n) is 1.20. The number of allylic oxidation sites excluding steroid dienone is 1.